The third kappa shape index (κ3) is 18.5. The fourth-order valence-corrected chi connectivity index (χ4v) is 17.7. The van der Waals surface area contributed by atoms with Gasteiger partial charge in [-0.05, 0) is 145 Å². The predicted octanol–water partition coefficient (Wildman–Crippen LogP) is 19.3. The molecule has 0 aliphatic heterocycles. The molecule has 2 aromatic carbocycles. The molecule has 0 aliphatic rings. The fourth-order valence-electron chi connectivity index (χ4n) is 9.13. The van der Waals surface area contributed by atoms with Crippen molar-refractivity contribution in [2.45, 2.75) is 143 Å². The molecule has 11 nitrogen and oxygen atoms in total. The number of benzene rings is 2. The molecule has 4 N–H and O–H groups in total. The molecular formula is C60H75O11P3S5. The molecule has 0 aliphatic carbocycles. The van der Waals surface area contributed by atoms with Crippen LogP contribution < -0.4 is 14.1 Å². The van der Waals surface area contributed by atoms with Gasteiger partial charge in [-0.3, -0.25) is 13.7 Å². The lowest BCUT2D eigenvalue weighted by Crippen LogP contribution is -2.06. The lowest BCUT2D eigenvalue weighted by Gasteiger charge is -2.17. The van der Waals surface area contributed by atoms with Gasteiger partial charge in [-0.1, -0.05) is 103 Å². The first-order valence-electron chi connectivity index (χ1n) is 27.6. The first-order valence-corrected chi connectivity index (χ1v) is 36.9. The van der Waals surface area contributed by atoms with Gasteiger partial charge in [-0.15, -0.1) is 56.7 Å². The minimum atomic E-state index is -4.62. The van der Waals surface area contributed by atoms with Crippen molar-refractivity contribution < 1.29 is 51.8 Å². The first kappa shape index (κ1) is 63.1. The quantitative estimate of drug-likeness (QED) is 0.0175. The largest absolute Gasteiger partial charge is 0.493 e. The van der Waals surface area contributed by atoms with E-state index in [4.69, 9.17) is 18.5 Å². The van der Waals surface area contributed by atoms with Gasteiger partial charge in [0.1, 0.15) is 16.1 Å². The Balaban J connectivity index is 1.22. The van der Waals surface area contributed by atoms with Crippen LogP contribution in [0.4, 0.5) is 0 Å². The maximum atomic E-state index is 13.9. The third-order valence-corrected chi connectivity index (χ3v) is 22.8. The van der Waals surface area contributed by atoms with E-state index in [1.54, 1.807) is 48.7 Å². The summed E-state index contributed by atoms with van der Waals surface area (Å²) in [6.45, 7) is 11.7. The second-order valence-corrected chi connectivity index (χ2v) is 30.3. The Morgan fingerprint density at radius 1 is 0.468 bits per heavy atom. The van der Waals surface area contributed by atoms with Gasteiger partial charge in [-0.25, -0.2) is 0 Å². The summed E-state index contributed by atoms with van der Waals surface area (Å²) in [7, 11) is -12.8. The van der Waals surface area contributed by atoms with Crippen molar-refractivity contribution in [3.8, 4) is 85.3 Å². The first-order chi connectivity index (χ1) is 38.0. The van der Waals surface area contributed by atoms with Crippen LogP contribution in [0.25, 0.3) is 62.0 Å². The summed E-state index contributed by atoms with van der Waals surface area (Å²) in [6, 6.07) is 25.3. The van der Waals surface area contributed by atoms with Crippen LogP contribution >= 0.6 is 79.5 Å². The van der Waals surface area contributed by atoms with Crippen LogP contribution in [0.1, 0.15) is 147 Å². The summed E-state index contributed by atoms with van der Waals surface area (Å²) in [5.41, 5.74) is 4.31. The van der Waals surface area contributed by atoms with Crippen molar-refractivity contribution in [2.24, 2.45) is 0 Å². The van der Waals surface area contributed by atoms with Gasteiger partial charge in [0.15, 0.2) is 0 Å². The van der Waals surface area contributed by atoms with E-state index in [1.807, 2.05) is 60.0 Å². The Hall–Kier alpha value is -3.45. The highest BCUT2D eigenvalue weighted by atomic mass is 32.1. The Kier molecular flexibility index (Phi) is 24.6. The topological polar surface area (TPSA) is 169 Å². The molecule has 7 rings (SSSR count). The molecule has 0 bridgehead atoms. The summed E-state index contributed by atoms with van der Waals surface area (Å²) < 4.78 is 64.8. The smallest absolute Gasteiger partial charge is 0.371 e. The zero-order chi connectivity index (χ0) is 56.4. The van der Waals surface area contributed by atoms with Crippen molar-refractivity contribution in [1.82, 2.24) is 0 Å². The van der Waals surface area contributed by atoms with Crippen LogP contribution in [-0.2, 0) is 35.1 Å². The maximum absolute atomic E-state index is 13.9. The fraction of sp³-hybridized carbons (Fsp3) is 0.433. The molecule has 0 amide bonds. The van der Waals surface area contributed by atoms with Crippen LogP contribution in [0.5, 0.6) is 11.5 Å². The minimum Gasteiger partial charge on any atom is -0.493 e. The van der Waals surface area contributed by atoms with E-state index >= 15 is 0 Å². The second-order valence-electron chi connectivity index (χ2n) is 19.5. The molecule has 19 heteroatoms. The number of hydrogen-bond acceptors (Lipinski definition) is 12. The van der Waals surface area contributed by atoms with E-state index in [0.29, 0.717) is 56.5 Å². The van der Waals surface area contributed by atoms with Crippen LogP contribution in [0.15, 0.2) is 84.2 Å². The third-order valence-electron chi connectivity index (χ3n) is 13.0. The van der Waals surface area contributed by atoms with Gasteiger partial charge in [0.05, 0.1) is 43.6 Å². The van der Waals surface area contributed by atoms with Gasteiger partial charge >= 0.3 is 22.8 Å². The average Bonchev–Trinajstić information content (AvgIpc) is 4.28. The highest BCUT2D eigenvalue weighted by molar-refractivity contribution is 7.68. The van der Waals surface area contributed by atoms with Crippen LogP contribution in [0, 0.1) is 11.8 Å². The highest BCUT2D eigenvalue weighted by Gasteiger charge is 2.30. The molecule has 0 saturated heterocycles. The Morgan fingerprint density at radius 3 is 1.41 bits per heavy atom. The van der Waals surface area contributed by atoms with Gasteiger partial charge in [0, 0.05) is 51.7 Å². The summed E-state index contributed by atoms with van der Waals surface area (Å²) in [6.07, 6.45) is 15.4. The van der Waals surface area contributed by atoms with Crippen LogP contribution in [0.3, 0.4) is 0 Å². The summed E-state index contributed by atoms with van der Waals surface area (Å²) >= 11 is 7.43. The average molecular weight is 1230 g/mol. The molecule has 5 aromatic heterocycles. The lowest BCUT2D eigenvalue weighted by molar-refractivity contribution is 0.230. The molecule has 426 valence electrons. The number of rotatable bonds is 33. The molecule has 0 radical (unpaired) electrons. The van der Waals surface area contributed by atoms with Gasteiger partial charge < -0.3 is 38.1 Å². The van der Waals surface area contributed by atoms with Crippen molar-refractivity contribution in [1.29, 1.82) is 0 Å². The van der Waals surface area contributed by atoms with Crippen molar-refractivity contribution in [3.63, 3.8) is 0 Å². The number of thiophene rings is 5. The molecular weight excluding hydrogens is 1150 g/mol. The van der Waals surface area contributed by atoms with E-state index in [2.05, 4.69) is 44.7 Å². The minimum absolute atomic E-state index is 0.243. The summed E-state index contributed by atoms with van der Waals surface area (Å²) in [4.78, 5) is 49.0. The molecule has 79 heavy (non-hydrogen) atoms. The number of hydrogen-bond donors (Lipinski definition) is 4. The Morgan fingerprint density at radius 2 is 0.899 bits per heavy atom. The van der Waals surface area contributed by atoms with Crippen LogP contribution in [-0.4, -0.2) is 46.0 Å². The summed E-state index contributed by atoms with van der Waals surface area (Å²) in [5, 5.41) is 1.96. The van der Waals surface area contributed by atoms with E-state index in [1.165, 1.54) is 66.1 Å². The SMILES string of the molecule is CCCCCCCCC#Cc1ccc(-c2ccc(-c3cc(CP(=O)(O)O)c(-c4ccc(-c5ccc(-c6cc(OCCCCCC)c(-c7csc(P(=O)(OCC)OCC)c7)cc6OCCCCCC)s5)s4)cc3CP(=O)(O)O)s2)s1. The van der Waals surface area contributed by atoms with Crippen LogP contribution in [0.2, 0.25) is 0 Å². The van der Waals surface area contributed by atoms with Crippen molar-refractivity contribution >= 4 is 84.1 Å². The molecule has 7 aromatic rings. The number of ether oxygens (including phenoxy) is 2. The lowest BCUT2D eigenvalue weighted by atomic mass is 9.98. The van der Waals surface area contributed by atoms with Crippen molar-refractivity contribution in [2.75, 3.05) is 26.4 Å². The van der Waals surface area contributed by atoms with Gasteiger partial charge in [0.25, 0.3) is 0 Å². The summed E-state index contributed by atoms with van der Waals surface area (Å²) in [5.74, 6) is 8.01. The Labute approximate surface area is 487 Å². The maximum Gasteiger partial charge on any atom is 0.371 e. The molecule has 0 unspecified atom stereocenters. The molecule has 0 fully saturated rings. The normalized spacial score (nSPS) is 12.1. The van der Waals surface area contributed by atoms with Gasteiger partial charge in [-0.2, -0.15) is 0 Å². The predicted molar refractivity (Wildman–Crippen MR) is 335 cm³/mol. The van der Waals surface area contributed by atoms with E-state index in [-0.39, 0.29) is 13.2 Å². The van der Waals surface area contributed by atoms with E-state index < -0.39 is 35.1 Å². The second kappa shape index (κ2) is 30.7. The Bertz CT molecular complexity index is 3260. The van der Waals surface area contributed by atoms with Crippen molar-refractivity contribution in [3.05, 3.63) is 100 Å². The standard InChI is InChI=1S/C60H75O11P3S5/c1-6-11-14-17-18-19-20-21-24-46-25-26-56(76-46)57-30-27-53(77-57)48-35-44(41-73(64,65)66)49(36-43(48)40-72(61,62)63)54-28-31-58(78-54)59-32-29-55(79-59)50-39-51(68-33-22-15-12-7-2)47(38-52(50)69-34-23-16-13-8-3)45-37-60(75-42-45)74(67,70-9-4)71-10-5/h25-32,35-39,42H,6-20,22-23,33-34,40-41H2,1-5H3,(H2,61,62,63)(H2,64,65,66). The monoisotopic (exact) mass is 1220 g/mol. The van der Waals surface area contributed by atoms with Gasteiger partial charge in [0.2, 0.25) is 0 Å². The molecule has 0 atom stereocenters. The van der Waals surface area contributed by atoms with E-state index in [0.717, 1.165) is 115 Å². The molecule has 0 spiro atoms. The number of unbranched alkanes of at least 4 members (excludes halogenated alkanes) is 12. The molecule has 0 saturated carbocycles. The zero-order valence-corrected chi connectivity index (χ0v) is 52.7. The highest BCUT2D eigenvalue weighted by Crippen LogP contribution is 2.53. The van der Waals surface area contributed by atoms with E-state index in [9.17, 15) is 33.3 Å². The zero-order valence-electron chi connectivity index (χ0n) is 46.0. The molecule has 5 heterocycles.